The molecule has 0 spiro atoms. The number of aryl methyl sites for hydroxylation is 1. The van der Waals surface area contributed by atoms with Crippen LogP contribution in [0.4, 0.5) is 17.1 Å². The molecule has 2 aromatic carbocycles. The first kappa shape index (κ1) is 22.1. The van der Waals surface area contributed by atoms with E-state index in [1.807, 2.05) is 54.3 Å². The maximum Gasteiger partial charge on any atom is 0.257 e. The van der Waals surface area contributed by atoms with Gasteiger partial charge in [-0.05, 0) is 80.6 Å². The van der Waals surface area contributed by atoms with Crippen molar-refractivity contribution in [3.05, 3.63) is 83.2 Å². The number of pyridine rings is 1. The van der Waals surface area contributed by atoms with Gasteiger partial charge in [-0.1, -0.05) is 17.7 Å². The molecular formula is C28H30N4O2. The van der Waals surface area contributed by atoms with E-state index in [0.29, 0.717) is 6.54 Å². The summed E-state index contributed by atoms with van der Waals surface area (Å²) in [7, 11) is 0. The van der Waals surface area contributed by atoms with Gasteiger partial charge in [-0.2, -0.15) is 0 Å². The van der Waals surface area contributed by atoms with Crippen molar-refractivity contribution in [3.63, 3.8) is 0 Å². The zero-order valence-corrected chi connectivity index (χ0v) is 19.6. The van der Waals surface area contributed by atoms with E-state index < -0.39 is 0 Å². The number of benzene rings is 2. The third-order valence-corrected chi connectivity index (χ3v) is 6.69. The number of hydrogen-bond acceptors (Lipinski definition) is 4. The largest absolute Gasteiger partial charge is 0.371 e. The summed E-state index contributed by atoms with van der Waals surface area (Å²) in [5, 5.41) is 3.10. The van der Waals surface area contributed by atoms with Gasteiger partial charge in [0.25, 0.3) is 5.91 Å². The van der Waals surface area contributed by atoms with Crippen molar-refractivity contribution in [2.45, 2.75) is 39.0 Å². The third-order valence-electron chi connectivity index (χ3n) is 6.69. The lowest BCUT2D eigenvalue weighted by Gasteiger charge is -2.30. The number of rotatable bonds is 5. The molecule has 2 amide bonds. The van der Waals surface area contributed by atoms with Gasteiger partial charge in [0.05, 0.1) is 12.0 Å². The standard InChI is InChI=1S/C28H30N4O2/c1-20-8-10-26(31-14-5-2-6-15-31)24(17-20)28(34)30-23-9-11-25-21(18-23)12-16-32(25)27(33)19-22-7-3-4-13-29-22/h3-4,7-11,13,17-18H,2,5-6,12,14-16,19H2,1H3,(H,30,34). The van der Waals surface area contributed by atoms with Crippen LogP contribution in [0.1, 0.15) is 46.4 Å². The normalized spacial score (nSPS) is 15.2. The van der Waals surface area contributed by atoms with Gasteiger partial charge >= 0.3 is 0 Å². The molecule has 174 valence electrons. The summed E-state index contributed by atoms with van der Waals surface area (Å²) in [4.78, 5) is 34.6. The summed E-state index contributed by atoms with van der Waals surface area (Å²) in [5.41, 5.74) is 6.32. The average molecular weight is 455 g/mol. The molecule has 1 aromatic heterocycles. The highest BCUT2D eigenvalue weighted by Crippen LogP contribution is 2.32. The fraction of sp³-hybridized carbons (Fsp3) is 0.321. The fourth-order valence-electron chi connectivity index (χ4n) is 4.93. The average Bonchev–Trinajstić information content (AvgIpc) is 3.28. The summed E-state index contributed by atoms with van der Waals surface area (Å²) in [6, 6.07) is 17.6. The maximum atomic E-state index is 13.3. The summed E-state index contributed by atoms with van der Waals surface area (Å²) in [6.07, 6.45) is 6.34. The van der Waals surface area contributed by atoms with Crippen molar-refractivity contribution in [2.24, 2.45) is 0 Å². The van der Waals surface area contributed by atoms with Crippen LogP contribution >= 0.6 is 0 Å². The molecule has 0 bridgehead atoms. The van der Waals surface area contributed by atoms with Crippen LogP contribution in [0, 0.1) is 6.92 Å². The molecule has 3 heterocycles. The van der Waals surface area contributed by atoms with Gasteiger partial charge in [-0.15, -0.1) is 0 Å². The summed E-state index contributed by atoms with van der Waals surface area (Å²) in [5.74, 6) is -0.0505. The van der Waals surface area contributed by atoms with Gasteiger partial charge in [-0.3, -0.25) is 14.6 Å². The Morgan fingerprint density at radius 2 is 1.76 bits per heavy atom. The first-order valence-corrected chi connectivity index (χ1v) is 12.1. The second-order valence-corrected chi connectivity index (χ2v) is 9.16. The quantitative estimate of drug-likeness (QED) is 0.603. The smallest absolute Gasteiger partial charge is 0.257 e. The molecule has 0 radical (unpaired) electrons. The van der Waals surface area contributed by atoms with E-state index in [1.54, 1.807) is 6.20 Å². The van der Waals surface area contributed by atoms with Crippen LogP contribution in [0.5, 0.6) is 0 Å². The van der Waals surface area contributed by atoms with Crippen molar-refractivity contribution < 1.29 is 9.59 Å². The van der Waals surface area contributed by atoms with Crippen molar-refractivity contribution in [2.75, 3.05) is 34.8 Å². The maximum absolute atomic E-state index is 13.3. The van der Waals surface area contributed by atoms with E-state index in [-0.39, 0.29) is 18.2 Å². The zero-order valence-electron chi connectivity index (χ0n) is 19.6. The minimum atomic E-state index is -0.0923. The number of amides is 2. The molecule has 0 saturated carbocycles. The molecule has 3 aromatic rings. The van der Waals surface area contributed by atoms with Gasteiger partial charge in [0.15, 0.2) is 0 Å². The predicted octanol–water partition coefficient (Wildman–Crippen LogP) is 4.76. The number of hydrogen-bond donors (Lipinski definition) is 1. The Morgan fingerprint density at radius 1 is 0.941 bits per heavy atom. The highest BCUT2D eigenvalue weighted by molar-refractivity contribution is 6.08. The Bertz CT molecular complexity index is 1200. The predicted molar refractivity (Wildman–Crippen MR) is 136 cm³/mol. The monoisotopic (exact) mass is 454 g/mol. The van der Waals surface area contributed by atoms with Crippen LogP contribution in [-0.4, -0.2) is 36.4 Å². The molecule has 2 aliphatic heterocycles. The van der Waals surface area contributed by atoms with Crippen LogP contribution in [-0.2, 0) is 17.6 Å². The molecule has 0 atom stereocenters. The lowest BCUT2D eigenvalue weighted by atomic mass is 10.0. The topological polar surface area (TPSA) is 65.5 Å². The van der Waals surface area contributed by atoms with Gasteiger partial charge in [0, 0.05) is 48.6 Å². The molecule has 6 nitrogen and oxygen atoms in total. The van der Waals surface area contributed by atoms with E-state index in [1.165, 1.54) is 6.42 Å². The van der Waals surface area contributed by atoms with Crippen LogP contribution in [0.25, 0.3) is 0 Å². The van der Waals surface area contributed by atoms with Crippen molar-refractivity contribution >= 4 is 28.9 Å². The van der Waals surface area contributed by atoms with Crippen LogP contribution < -0.4 is 15.1 Å². The number of carbonyl (C=O) groups excluding carboxylic acids is 2. The fourth-order valence-corrected chi connectivity index (χ4v) is 4.93. The molecule has 1 fully saturated rings. The van der Waals surface area contributed by atoms with Crippen LogP contribution in [0.3, 0.4) is 0 Å². The SMILES string of the molecule is Cc1ccc(N2CCCCC2)c(C(=O)Nc2ccc3c(c2)CCN3C(=O)Cc2ccccn2)c1. The van der Waals surface area contributed by atoms with E-state index in [9.17, 15) is 9.59 Å². The van der Waals surface area contributed by atoms with Gasteiger partial charge in [0.2, 0.25) is 5.91 Å². The Balaban J connectivity index is 1.32. The number of fused-ring (bicyclic) bond motifs is 1. The minimum Gasteiger partial charge on any atom is -0.371 e. The molecule has 0 unspecified atom stereocenters. The Morgan fingerprint density at radius 3 is 2.56 bits per heavy atom. The molecule has 5 rings (SSSR count). The van der Waals surface area contributed by atoms with E-state index in [0.717, 1.165) is 71.8 Å². The number of nitrogens with zero attached hydrogens (tertiary/aromatic N) is 3. The molecule has 1 N–H and O–H groups in total. The number of aromatic nitrogens is 1. The summed E-state index contributed by atoms with van der Waals surface area (Å²) < 4.78 is 0. The molecule has 1 saturated heterocycles. The zero-order chi connectivity index (χ0) is 23.5. The number of nitrogens with one attached hydrogen (secondary N) is 1. The molecule has 0 aliphatic carbocycles. The van der Waals surface area contributed by atoms with E-state index in [2.05, 4.69) is 27.3 Å². The van der Waals surface area contributed by atoms with Crippen molar-refractivity contribution in [3.8, 4) is 0 Å². The number of anilines is 3. The summed E-state index contributed by atoms with van der Waals surface area (Å²) in [6.45, 7) is 4.65. The highest BCUT2D eigenvalue weighted by Gasteiger charge is 2.26. The Kier molecular flexibility index (Phi) is 6.30. The molecule has 34 heavy (non-hydrogen) atoms. The van der Waals surface area contributed by atoms with Gasteiger partial charge in [0.1, 0.15) is 0 Å². The molecule has 2 aliphatic rings. The van der Waals surface area contributed by atoms with Gasteiger partial charge < -0.3 is 15.1 Å². The van der Waals surface area contributed by atoms with E-state index in [4.69, 9.17) is 0 Å². The summed E-state index contributed by atoms with van der Waals surface area (Å²) >= 11 is 0. The molecule has 6 heteroatoms. The Hall–Kier alpha value is -3.67. The van der Waals surface area contributed by atoms with Crippen molar-refractivity contribution in [1.29, 1.82) is 0 Å². The number of carbonyl (C=O) groups is 2. The van der Waals surface area contributed by atoms with Crippen LogP contribution in [0.2, 0.25) is 0 Å². The second kappa shape index (κ2) is 9.67. The number of piperidine rings is 1. The van der Waals surface area contributed by atoms with Crippen molar-refractivity contribution in [1.82, 2.24) is 4.98 Å². The van der Waals surface area contributed by atoms with E-state index >= 15 is 0 Å². The second-order valence-electron chi connectivity index (χ2n) is 9.16. The van der Waals surface area contributed by atoms with Gasteiger partial charge in [-0.25, -0.2) is 0 Å². The Labute approximate surface area is 200 Å². The minimum absolute atomic E-state index is 0.0418. The first-order chi connectivity index (χ1) is 16.6. The lowest BCUT2D eigenvalue weighted by Crippen LogP contribution is -2.31. The highest BCUT2D eigenvalue weighted by atomic mass is 16.2. The molecular weight excluding hydrogens is 424 g/mol. The lowest BCUT2D eigenvalue weighted by molar-refractivity contribution is -0.117. The third kappa shape index (κ3) is 4.67. The first-order valence-electron chi connectivity index (χ1n) is 12.1. The van der Waals surface area contributed by atoms with Crippen LogP contribution in [0.15, 0.2) is 60.8 Å².